The Hall–Kier alpha value is -1.01. The second kappa shape index (κ2) is 14.3. The molecule has 0 aliphatic carbocycles. The molecule has 2 N–H and O–H groups in total. The van der Waals surface area contributed by atoms with E-state index in [1.165, 1.54) is 0 Å². The normalized spacial score (nSPS) is 11.2. The second-order valence-corrected chi connectivity index (χ2v) is 5.30. The minimum absolute atomic E-state index is 0. The first-order valence-electron chi connectivity index (χ1n) is 8.01. The number of rotatable bonds is 10. The van der Waals surface area contributed by atoms with Crippen molar-refractivity contribution >= 4 is 30.7 Å². The summed E-state index contributed by atoms with van der Waals surface area (Å²) in [5, 5.41) is 5.98. The Kier molecular flexibility index (Phi) is 15.1. The van der Waals surface area contributed by atoms with Crippen molar-refractivity contribution in [3.8, 4) is 5.75 Å². The quantitative estimate of drug-likeness (QED) is 0.655. The number of amides is 1. The standard InChI is InChI=1S/C17H29N3O2.2ClH/c1-5-20(6-2)11-12-22-16-9-7-15(8-10-16)17(21)19-13-14(3)18-4;;/h7-10,14,18H,5-6,11-13H2,1-4H3,(H,19,21);2*1H. The third-order valence-electron chi connectivity index (χ3n) is 3.75. The fourth-order valence-electron chi connectivity index (χ4n) is 1.98. The van der Waals surface area contributed by atoms with Crippen molar-refractivity contribution in [3.63, 3.8) is 0 Å². The van der Waals surface area contributed by atoms with Crippen LogP contribution in [0.15, 0.2) is 24.3 Å². The van der Waals surface area contributed by atoms with Crippen LogP contribution in [0.5, 0.6) is 5.75 Å². The molecule has 5 nitrogen and oxygen atoms in total. The SMILES string of the molecule is CCN(CC)CCOc1ccc(C(=O)NCC(C)NC)cc1.Cl.Cl. The second-order valence-electron chi connectivity index (χ2n) is 5.30. The van der Waals surface area contributed by atoms with Crippen molar-refractivity contribution in [1.82, 2.24) is 15.5 Å². The van der Waals surface area contributed by atoms with Crippen molar-refractivity contribution in [1.29, 1.82) is 0 Å². The third kappa shape index (κ3) is 9.33. The Bertz CT molecular complexity index is 440. The van der Waals surface area contributed by atoms with Crippen LogP contribution in [0.3, 0.4) is 0 Å². The van der Waals surface area contributed by atoms with Gasteiger partial charge in [-0.25, -0.2) is 0 Å². The number of nitrogens with zero attached hydrogens (tertiary/aromatic N) is 1. The number of hydrogen-bond acceptors (Lipinski definition) is 4. The maximum Gasteiger partial charge on any atom is 0.251 e. The topological polar surface area (TPSA) is 53.6 Å². The van der Waals surface area contributed by atoms with Crippen LogP contribution in [0.1, 0.15) is 31.1 Å². The first-order valence-corrected chi connectivity index (χ1v) is 8.01. The fraction of sp³-hybridized carbons (Fsp3) is 0.588. The van der Waals surface area contributed by atoms with E-state index in [1.807, 2.05) is 26.1 Å². The number of benzene rings is 1. The summed E-state index contributed by atoms with van der Waals surface area (Å²) in [6.45, 7) is 10.6. The van der Waals surface area contributed by atoms with Crippen LogP contribution in [-0.2, 0) is 0 Å². The number of carbonyl (C=O) groups is 1. The van der Waals surface area contributed by atoms with E-state index in [1.54, 1.807) is 12.1 Å². The smallest absolute Gasteiger partial charge is 0.251 e. The predicted molar refractivity (Wildman–Crippen MR) is 105 cm³/mol. The maximum absolute atomic E-state index is 12.0. The van der Waals surface area contributed by atoms with Crippen LogP contribution < -0.4 is 15.4 Å². The lowest BCUT2D eigenvalue weighted by Gasteiger charge is -2.18. The van der Waals surface area contributed by atoms with Crippen molar-refractivity contribution < 1.29 is 9.53 Å². The summed E-state index contributed by atoms with van der Waals surface area (Å²) in [5.41, 5.74) is 0.652. The molecule has 1 aromatic rings. The van der Waals surface area contributed by atoms with E-state index >= 15 is 0 Å². The molecule has 1 rings (SSSR count). The Balaban J connectivity index is 0. The van der Waals surface area contributed by atoms with E-state index in [9.17, 15) is 4.79 Å². The molecule has 0 saturated heterocycles. The van der Waals surface area contributed by atoms with Gasteiger partial charge in [0, 0.05) is 24.7 Å². The number of ether oxygens (including phenoxy) is 1. The number of halogens is 2. The van der Waals surface area contributed by atoms with E-state index in [0.29, 0.717) is 18.7 Å². The highest BCUT2D eigenvalue weighted by Gasteiger charge is 2.07. The van der Waals surface area contributed by atoms with Crippen LogP contribution in [0.25, 0.3) is 0 Å². The van der Waals surface area contributed by atoms with Crippen molar-refractivity contribution in [2.75, 3.05) is 39.8 Å². The molecule has 1 amide bonds. The third-order valence-corrected chi connectivity index (χ3v) is 3.75. The van der Waals surface area contributed by atoms with E-state index in [2.05, 4.69) is 29.4 Å². The van der Waals surface area contributed by atoms with Crippen LogP contribution in [-0.4, -0.2) is 56.7 Å². The molecule has 140 valence electrons. The van der Waals surface area contributed by atoms with Gasteiger partial charge in [0.15, 0.2) is 0 Å². The van der Waals surface area contributed by atoms with Crippen LogP contribution in [0.4, 0.5) is 0 Å². The number of hydrogen-bond donors (Lipinski definition) is 2. The molecule has 0 aliphatic heterocycles. The number of carbonyl (C=O) groups excluding carboxylic acids is 1. The molecular formula is C17H31Cl2N3O2. The summed E-state index contributed by atoms with van der Waals surface area (Å²) in [6, 6.07) is 7.54. The summed E-state index contributed by atoms with van der Waals surface area (Å²) in [4.78, 5) is 14.3. The van der Waals surface area contributed by atoms with Gasteiger partial charge in [-0.2, -0.15) is 0 Å². The highest BCUT2D eigenvalue weighted by molar-refractivity contribution is 5.94. The van der Waals surface area contributed by atoms with Gasteiger partial charge in [0.05, 0.1) is 0 Å². The molecule has 0 radical (unpaired) electrons. The molecule has 1 aromatic carbocycles. The lowest BCUT2D eigenvalue weighted by atomic mass is 10.2. The minimum atomic E-state index is -0.0585. The fourth-order valence-corrected chi connectivity index (χ4v) is 1.98. The molecule has 1 atom stereocenters. The molecule has 0 heterocycles. The Morgan fingerprint density at radius 1 is 1.17 bits per heavy atom. The van der Waals surface area contributed by atoms with Crippen molar-refractivity contribution in [3.05, 3.63) is 29.8 Å². The molecule has 0 saturated carbocycles. The van der Waals surface area contributed by atoms with Crippen LogP contribution in [0, 0.1) is 0 Å². The minimum Gasteiger partial charge on any atom is -0.492 e. The summed E-state index contributed by atoms with van der Waals surface area (Å²) >= 11 is 0. The van der Waals surface area contributed by atoms with E-state index in [-0.39, 0.29) is 36.8 Å². The highest BCUT2D eigenvalue weighted by Crippen LogP contribution is 2.12. The van der Waals surface area contributed by atoms with Gasteiger partial charge in [0.2, 0.25) is 0 Å². The average molecular weight is 380 g/mol. The summed E-state index contributed by atoms with van der Waals surface area (Å²) in [5.74, 6) is 0.740. The van der Waals surface area contributed by atoms with Gasteiger partial charge >= 0.3 is 0 Å². The molecule has 0 bridgehead atoms. The van der Waals surface area contributed by atoms with Crippen LogP contribution >= 0.6 is 24.8 Å². The number of nitrogens with one attached hydrogen (secondary N) is 2. The van der Waals surface area contributed by atoms with Crippen molar-refractivity contribution in [2.24, 2.45) is 0 Å². The molecule has 0 spiro atoms. The summed E-state index contributed by atoms with van der Waals surface area (Å²) < 4.78 is 5.71. The molecule has 0 fully saturated rings. The molecule has 24 heavy (non-hydrogen) atoms. The molecular weight excluding hydrogens is 349 g/mol. The molecule has 0 aliphatic rings. The zero-order valence-corrected chi connectivity index (χ0v) is 16.6. The molecule has 1 unspecified atom stereocenters. The first-order chi connectivity index (χ1) is 10.6. The van der Waals surface area contributed by atoms with Gasteiger partial charge < -0.3 is 20.3 Å². The van der Waals surface area contributed by atoms with E-state index in [4.69, 9.17) is 4.74 Å². The first kappa shape index (κ1) is 25.2. The predicted octanol–water partition coefficient (Wildman–Crippen LogP) is 2.59. The largest absolute Gasteiger partial charge is 0.492 e. The zero-order valence-electron chi connectivity index (χ0n) is 15.0. The monoisotopic (exact) mass is 379 g/mol. The Labute approximate surface area is 158 Å². The highest BCUT2D eigenvalue weighted by atomic mass is 35.5. The lowest BCUT2D eigenvalue weighted by molar-refractivity contribution is 0.0950. The van der Waals surface area contributed by atoms with Gasteiger partial charge in [-0.3, -0.25) is 4.79 Å². The zero-order chi connectivity index (χ0) is 16.4. The van der Waals surface area contributed by atoms with Gasteiger partial charge in [0.1, 0.15) is 12.4 Å². The summed E-state index contributed by atoms with van der Waals surface area (Å²) in [7, 11) is 1.88. The van der Waals surface area contributed by atoms with E-state index < -0.39 is 0 Å². The van der Waals surface area contributed by atoms with Gasteiger partial charge in [-0.1, -0.05) is 13.8 Å². The van der Waals surface area contributed by atoms with Gasteiger partial charge in [0.25, 0.3) is 5.91 Å². The molecule has 7 heteroatoms. The number of likely N-dealkylation sites (N-methyl/N-ethyl adjacent to an activating group) is 2. The van der Waals surface area contributed by atoms with Gasteiger partial charge in [-0.05, 0) is 51.3 Å². The van der Waals surface area contributed by atoms with E-state index in [0.717, 1.165) is 25.4 Å². The lowest BCUT2D eigenvalue weighted by Crippen LogP contribution is -2.37. The van der Waals surface area contributed by atoms with Crippen LogP contribution in [0.2, 0.25) is 0 Å². The summed E-state index contributed by atoms with van der Waals surface area (Å²) in [6.07, 6.45) is 0. The van der Waals surface area contributed by atoms with Crippen molar-refractivity contribution in [2.45, 2.75) is 26.8 Å². The maximum atomic E-state index is 12.0. The Morgan fingerprint density at radius 2 is 1.75 bits per heavy atom. The average Bonchev–Trinajstić information content (AvgIpc) is 2.56. The molecule has 0 aromatic heterocycles. The van der Waals surface area contributed by atoms with Gasteiger partial charge in [-0.15, -0.1) is 24.8 Å². The Morgan fingerprint density at radius 3 is 2.25 bits per heavy atom.